The highest BCUT2D eigenvalue weighted by Crippen LogP contribution is 2.30. The Kier molecular flexibility index (Phi) is 4.31. The molecule has 1 heterocycles. The number of aromatic nitrogens is 1. The van der Waals surface area contributed by atoms with Crippen molar-refractivity contribution in [2.75, 3.05) is 11.4 Å². The lowest BCUT2D eigenvalue weighted by Gasteiger charge is -2.19. The summed E-state index contributed by atoms with van der Waals surface area (Å²) in [6.07, 6.45) is 0. The van der Waals surface area contributed by atoms with Crippen molar-refractivity contribution in [3.8, 4) is 0 Å². The highest BCUT2D eigenvalue weighted by Gasteiger charge is 2.20. The van der Waals surface area contributed by atoms with Crippen LogP contribution in [0.1, 0.15) is 18.7 Å². The summed E-state index contributed by atoms with van der Waals surface area (Å²) in [6.45, 7) is 2.49. The Hall–Kier alpha value is -1.99. The summed E-state index contributed by atoms with van der Waals surface area (Å²) in [4.78, 5) is 16.9. The zero-order valence-corrected chi connectivity index (χ0v) is 11.6. The van der Waals surface area contributed by atoms with Crippen molar-refractivity contribution in [1.29, 1.82) is 0 Å². The molecule has 0 spiro atoms. The van der Waals surface area contributed by atoms with E-state index in [4.69, 9.17) is 10.8 Å². The molecule has 1 unspecified atom stereocenters. The van der Waals surface area contributed by atoms with Gasteiger partial charge in [0.1, 0.15) is 11.9 Å². The lowest BCUT2D eigenvalue weighted by Crippen LogP contribution is -2.21. The van der Waals surface area contributed by atoms with Gasteiger partial charge in [0, 0.05) is 17.6 Å². The van der Waals surface area contributed by atoms with Crippen LogP contribution < -0.4 is 10.6 Å². The second-order valence-electron chi connectivity index (χ2n) is 4.09. The van der Waals surface area contributed by atoms with Crippen LogP contribution in [0.25, 0.3) is 0 Å². The lowest BCUT2D eigenvalue weighted by atomic mass is 10.2. The fourth-order valence-electron chi connectivity index (χ4n) is 1.74. The van der Waals surface area contributed by atoms with Crippen molar-refractivity contribution in [1.82, 2.24) is 4.98 Å². The van der Waals surface area contributed by atoms with E-state index in [9.17, 15) is 9.18 Å². The van der Waals surface area contributed by atoms with Gasteiger partial charge < -0.3 is 15.7 Å². The molecule has 3 N–H and O–H groups in total. The molecule has 2 rings (SSSR count). The van der Waals surface area contributed by atoms with Crippen molar-refractivity contribution in [3.63, 3.8) is 0 Å². The number of carboxylic acids is 1. The lowest BCUT2D eigenvalue weighted by molar-refractivity contribution is -0.138. The van der Waals surface area contributed by atoms with Gasteiger partial charge in [0.25, 0.3) is 0 Å². The van der Waals surface area contributed by atoms with Crippen molar-refractivity contribution in [2.45, 2.75) is 13.0 Å². The molecule has 2 aromatic rings. The van der Waals surface area contributed by atoms with E-state index < -0.39 is 12.0 Å². The van der Waals surface area contributed by atoms with Gasteiger partial charge in [0.2, 0.25) is 0 Å². The molecule has 20 heavy (non-hydrogen) atoms. The van der Waals surface area contributed by atoms with Gasteiger partial charge in [-0.3, -0.25) is 4.79 Å². The zero-order chi connectivity index (χ0) is 14.7. The third-order valence-electron chi connectivity index (χ3n) is 2.76. The van der Waals surface area contributed by atoms with Crippen molar-refractivity contribution < 1.29 is 14.3 Å². The number of aliphatic carboxylic acids is 1. The van der Waals surface area contributed by atoms with E-state index in [0.717, 1.165) is 0 Å². The second kappa shape index (κ2) is 5.98. The first kappa shape index (κ1) is 14.4. The molecule has 0 aliphatic carbocycles. The first-order valence-electron chi connectivity index (χ1n) is 6.00. The molecule has 0 amide bonds. The van der Waals surface area contributed by atoms with Gasteiger partial charge in [-0.1, -0.05) is 6.07 Å². The molecule has 5 nitrogen and oxygen atoms in total. The number of anilines is 2. The quantitative estimate of drug-likeness (QED) is 0.886. The van der Waals surface area contributed by atoms with Crippen molar-refractivity contribution in [3.05, 3.63) is 41.2 Å². The van der Waals surface area contributed by atoms with Gasteiger partial charge in [-0.05, 0) is 25.1 Å². The SMILES string of the molecule is CCN(c1cccc(F)c1)c1nc(C(N)C(=O)O)cs1. The first-order chi connectivity index (χ1) is 9.52. The number of rotatable bonds is 5. The van der Waals surface area contributed by atoms with Crippen LogP contribution in [0.15, 0.2) is 29.6 Å². The van der Waals surface area contributed by atoms with Crippen LogP contribution in [0.4, 0.5) is 15.2 Å². The Morgan fingerprint density at radius 3 is 2.95 bits per heavy atom. The van der Waals surface area contributed by atoms with Gasteiger partial charge in [0.15, 0.2) is 5.13 Å². The predicted octanol–water partition coefficient (Wildman–Crippen LogP) is 2.52. The zero-order valence-electron chi connectivity index (χ0n) is 10.8. The Labute approximate surface area is 119 Å². The third kappa shape index (κ3) is 2.94. The van der Waals surface area contributed by atoms with Crippen LogP contribution >= 0.6 is 11.3 Å². The average molecular weight is 295 g/mol. The minimum absolute atomic E-state index is 0.298. The molecular formula is C13H14FN3O2S. The molecule has 7 heteroatoms. The summed E-state index contributed by atoms with van der Waals surface area (Å²) < 4.78 is 13.3. The number of carboxylic acid groups (broad SMARTS) is 1. The molecule has 0 saturated heterocycles. The maximum Gasteiger partial charge on any atom is 0.326 e. The molecule has 0 bridgehead atoms. The second-order valence-corrected chi connectivity index (χ2v) is 4.93. The van der Waals surface area contributed by atoms with Crippen LogP contribution in [0.2, 0.25) is 0 Å². The van der Waals surface area contributed by atoms with E-state index in [1.165, 1.54) is 23.5 Å². The molecule has 1 aromatic carbocycles. The summed E-state index contributed by atoms with van der Waals surface area (Å²) in [5.74, 6) is -1.46. The van der Waals surface area contributed by atoms with E-state index in [1.807, 2.05) is 6.92 Å². The van der Waals surface area contributed by atoms with Crippen molar-refractivity contribution >= 4 is 28.1 Å². The van der Waals surface area contributed by atoms with E-state index in [-0.39, 0.29) is 5.82 Å². The maximum absolute atomic E-state index is 13.3. The van der Waals surface area contributed by atoms with Gasteiger partial charge >= 0.3 is 5.97 Å². The number of nitrogens with two attached hydrogens (primary N) is 1. The van der Waals surface area contributed by atoms with Crippen molar-refractivity contribution in [2.24, 2.45) is 5.73 Å². The number of carbonyl (C=O) groups is 1. The van der Waals surface area contributed by atoms with E-state index >= 15 is 0 Å². The molecule has 0 aliphatic heterocycles. The third-order valence-corrected chi connectivity index (χ3v) is 3.64. The fraction of sp³-hybridized carbons (Fsp3) is 0.231. The number of thiazole rings is 1. The summed E-state index contributed by atoms with van der Waals surface area (Å²) in [6, 6.07) is 5.01. The van der Waals surface area contributed by atoms with Gasteiger partial charge in [-0.25, -0.2) is 9.37 Å². The minimum atomic E-state index is -1.15. The fourth-order valence-corrected chi connectivity index (χ4v) is 2.69. The summed E-state index contributed by atoms with van der Waals surface area (Å²) in [5.41, 5.74) is 6.48. The Morgan fingerprint density at radius 2 is 2.35 bits per heavy atom. The number of hydrogen-bond donors (Lipinski definition) is 2. The van der Waals surface area contributed by atoms with Gasteiger partial charge in [-0.2, -0.15) is 0 Å². The summed E-state index contributed by atoms with van der Waals surface area (Å²) in [7, 11) is 0. The Balaban J connectivity index is 2.31. The van der Waals surface area contributed by atoms with E-state index in [0.29, 0.717) is 23.1 Å². The molecular weight excluding hydrogens is 281 g/mol. The van der Waals surface area contributed by atoms with E-state index in [2.05, 4.69) is 4.98 Å². The standard InChI is InChI=1S/C13H14FN3O2S/c1-2-17(9-5-3-4-8(14)6-9)13-16-10(7-20-13)11(15)12(18)19/h3-7,11H,2,15H2,1H3,(H,18,19). The smallest absolute Gasteiger partial charge is 0.326 e. The maximum atomic E-state index is 13.3. The highest BCUT2D eigenvalue weighted by molar-refractivity contribution is 7.13. The molecule has 0 fully saturated rings. The van der Waals surface area contributed by atoms with Crippen LogP contribution in [-0.4, -0.2) is 22.6 Å². The number of hydrogen-bond acceptors (Lipinski definition) is 5. The number of benzene rings is 1. The average Bonchev–Trinajstić information content (AvgIpc) is 2.88. The summed E-state index contributed by atoms with van der Waals surface area (Å²) >= 11 is 1.28. The molecule has 0 aliphatic rings. The highest BCUT2D eigenvalue weighted by atomic mass is 32.1. The Morgan fingerprint density at radius 1 is 1.60 bits per heavy atom. The van der Waals surface area contributed by atoms with E-state index in [1.54, 1.807) is 22.4 Å². The molecule has 106 valence electrons. The predicted molar refractivity (Wildman–Crippen MR) is 75.8 cm³/mol. The van der Waals surface area contributed by atoms with Crippen LogP contribution in [0, 0.1) is 5.82 Å². The normalized spacial score (nSPS) is 12.2. The topological polar surface area (TPSA) is 79.5 Å². The van der Waals surface area contributed by atoms with Crippen LogP contribution in [0.3, 0.4) is 0 Å². The van der Waals surface area contributed by atoms with Crippen LogP contribution in [0.5, 0.6) is 0 Å². The van der Waals surface area contributed by atoms with Crippen LogP contribution in [-0.2, 0) is 4.79 Å². The molecule has 1 aromatic heterocycles. The first-order valence-corrected chi connectivity index (χ1v) is 6.87. The van der Waals surface area contributed by atoms with Gasteiger partial charge in [-0.15, -0.1) is 11.3 Å². The monoisotopic (exact) mass is 295 g/mol. The number of nitrogens with zero attached hydrogens (tertiary/aromatic N) is 2. The molecule has 0 saturated carbocycles. The minimum Gasteiger partial charge on any atom is -0.480 e. The Bertz CT molecular complexity index is 617. The largest absolute Gasteiger partial charge is 0.480 e. The number of halogens is 1. The molecule has 1 atom stereocenters. The van der Waals surface area contributed by atoms with Gasteiger partial charge in [0.05, 0.1) is 5.69 Å². The summed E-state index contributed by atoms with van der Waals surface area (Å²) in [5, 5.41) is 11.1. The molecule has 0 radical (unpaired) electrons.